The summed E-state index contributed by atoms with van der Waals surface area (Å²) in [6.07, 6.45) is 3.62. The van der Waals surface area contributed by atoms with E-state index < -0.39 is 0 Å². The first-order chi connectivity index (χ1) is 15.6. The first kappa shape index (κ1) is 26.7. The van der Waals surface area contributed by atoms with Crippen LogP contribution in [0.2, 0.25) is 10.0 Å². The summed E-state index contributed by atoms with van der Waals surface area (Å²) in [5.74, 6) is -0.129. The summed E-state index contributed by atoms with van der Waals surface area (Å²) in [5, 5.41) is 6.44. The Morgan fingerprint density at radius 3 is 1.82 bits per heavy atom. The smallest absolute Gasteiger partial charge is 0.238 e. The maximum absolute atomic E-state index is 11.9. The van der Waals surface area contributed by atoms with Gasteiger partial charge in [-0.15, -0.1) is 0 Å². The van der Waals surface area contributed by atoms with E-state index in [4.69, 9.17) is 34.7 Å². The van der Waals surface area contributed by atoms with Gasteiger partial charge in [-0.2, -0.15) is 0 Å². The fourth-order valence-electron chi connectivity index (χ4n) is 3.25. The molecular weight excluding hydrogens is 463 g/mol. The minimum absolute atomic E-state index is 0.0245. The highest BCUT2D eigenvalue weighted by molar-refractivity contribution is 6.34. The third-order valence-electron chi connectivity index (χ3n) is 4.81. The van der Waals surface area contributed by atoms with Crippen LogP contribution in [0.1, 0.15) is 19.3 Å². The van der Waals surface area contributed by atoms with Gasteiger partial charge in [0.05, 0.1) is 34.5 Å². The zero-order chi connectivity index (χ0) is 24.4. The number of hydrogen-bond acceptors (Lipinski definition) is 6. The zero-order valence-corrected chi connectivity index (χ0v) is 20.5. The molecule has 3 rings (SSSR count). The molecule has 33 heavy (non-hydrogen) atoms. The zero-order valence-electron chi connectivity index (χ0n) is 19.0. The molecule has 2 aromatic rings. The molecule has 180 valence electrons. The van der Waals surface area contributed by atoms with Crippen molar-refractivity contribution in [3.63, 3.8) is 0 Å². The van der Waals surface area contributed by atoms with Gasteiger partial charge in [0.15, 0.2) is 0 Å². The van der Waals surface area contributed by atoms with Gasteiger partial charge in [0.2, 0.25) is 11.8 Å². The molecular formula is C23H32Cl2N6O2. The van der Waals surface area contributed by atoms with E-state index in [1.807, 2.05) is 14.1 Å². The van der Waals surface area contributed by atoms with Crippen molar-refractivity contribution in [1.29, 1.82) is 0 Å². The van der Waals surface area contributed by atoms with Crippen molar-refractivity contribution in [1.82, 2.24) is 9.80 Å². The molecule has 1 aliphatic rings. The second kappa shape index (κ2) is 13.3. The monoisotopic (exact) mass is 494 g/mol. The number of nitrogens with two attached hydrogens (primary N) is 2. The molecule has 0 bridgehead atoms. The number of benzene rings is 2. The number of carbonyl (C=O) groups is 2. The Bertz CT molecular complexity index is 949. The molecule has 0 aromatic heterocycles. The number of hydrogen-bond donors (Lipinski definition) is 4. The van der Waals surface area contributed by atoms with Gasteiger partial charge in [0, 0.05) is 11.4 Å². The molecule has 1 fully saturated rings. The number of amides is 2. The molecule has 0 unspecified atom stereocenters. The molecule has 2 amide bonds. The summed E-state index contributed by atoms with van der Waals surface area (Å²) in [7, 11) is 3.65. The van der Waals surface area contributed by atoms with Gasteiger partial charge in [-0.25, -0.2) is 0 Å². The van der Waals surface area contributed by atoms with Gasteiger partial charge in [0.1, 0.15) is 0 Å². The van der Waals surface area contributed by atoms with Gasteiger partial charge in [-0.05, 0) is 76.4 Å². The highest BCUT2D eigenvalue weighted by Gasteiger charge is 2.14. The molecule has 1 saturated heterocycles. The largest absolute Gasteiger partial charge is 0.399 e. The molecule has 8 nitrogen and oxygen atoms in total. The normalized spacial score (nSPS) is 13.7. The number of likely N-dealkylation sites (tertiary alicyclic amines) is 1. The molecule has 0 aliphatic carbocycles. The van der Waals surface area contributed by atoms with Crippen LogP contribution in [-0.4, -0.2) is 61.9 Å². The maximum Gasteiger partial charge on any atom is 0.238 e. The van der Waals surface area contributed by atoms with E-state index in [-0.39, 0.29) is 11.8 Å². The summed E-state index contributed by atoms with van der Waals surface area (Å²) in [5.41, 5.74) is 13.5. The lowest BCUT2D eigenvalue weighted by Crippen LogP contribution is -2.36. The number of rotatable bonds is 6. The highest BCUT2D eigenvalue weighted by atomic mass is 35.5. The Balaban J connectivity index is 0.000000238. The number of piperidine rings is 1. The molecule has 6 N–H and O–H groups in total. The van der Waals surface area contributed by atoms with Crippen molar-refractivity contribution in [2.24, 2.45) is 0 Å². The minimum atomic E-state index is -0.105. The van der Waals surface area contributed by atoms with E-state index in [2.05, 4.69) is 15.5 Å². The van der Waals surface area contributed by atoms with E-state index in [9.17, 15) is 9.59 Å². The fraction of sp³-hybridized carbons (Fsp3) is 0.391. The summed E-state index contributed by atoms with van der Waals surface area (Å²) in [6, 6.07) is 10.1. The second-order valence-corrected chi connectivity index (χ2v) is 8.96. The molecule has 2 aromatic carbocycles. The molecule has 0 spiro atoms. The first-order valence-electron chi connectivity index (χ1n) is 10.7. The third-order valence-corrected chi connectivity index (χ3v) is 5.44. The summed E-state index contributed by atoms with van der Waals surface area (Å²) >= 11 is 11.9. The average Bonchev–Trinajstić information content (AvgIpc) is 2.73. The number of halogens is 2. The van der Waals surface area contributed by atoms with Gasteiger partial charge in [-0.1, -0.05) is 29.6 Å². The van der Waals surface area contributed by atoms with Crippen molar-refractivity contribution in [3.05, 3.63) is 46.4 Å². The predicted molar refractivity (Wildman–Crippen MR) is 138 cm³/mol. The Hall–Kier alpha value is -2.52. The number of likely N-dealkylation sites (N-methyl/N-ethyl adjacent to an activating group) is 1. The Morgan fingerprint density at radius 2 is 1.36 bits per heavy atom. The summed E-state index contributed by atoms with van der Waals surface area (Å²) in [6.45, 7) is 2.76. The second-order valence-electron chi connectivity index (χ2n) is 8.15. The van der Waals surface area contributed by atoms with Crippen LogP contribution < -0.4 is 22.1 Å². The number of anilines is 4. The molecule has 0 atom stereocenters. The molecule has 0 saturated carbocycles. The van der Waals surface area contributed by atoms with Crippen LogP contribution in [-0.2, 0) is 9.59 Å². The van der Waals surface area contributed by atoms with E-state index in [1.54, 1.807) is 41.3 Å². The van der Waals surface area contributed by atoms with Gasteiger partial charge < -0.3 is 27.0 Å². The lowest BCUT2D eigenvalue weighted by Gasteiger charge is -2.25. The van der Waals surface area contributed by atoms with Crippen LogP contribution >= 0.6 is 23.2 Å². The first-order valence-corrected chi connectivity index (χ1v) is 11.5. The van der Waals surface area contributed by atoms with Crippen molar-refractivity contribution in [2.45, 2.75) is 19.3 Å². The number of nitrogen functional groups attached to an aromatic ring is 2. The summed E-state index contributed by atoms with van der Waals surface area (Å²) < 4.78 is 0. The standard InChI is InChI=1S/C13H18ClN3O.C10H14ClN3O/c14-11-8-10(15)4-5-12(11)16-13(18)9-17-6-2-1-3-7-17;1-14(2)6-10(15)13-9-4-3-7(12)5-8(9)11/h4-5,8H,1-3,6-7,9,15H2,(H,16,18);3-5H,6,12H2,1-2H3,(H,13,15). The van der Waals surface area contributed by atoms with E-state index in [0.29, 0.717) is 45.9 Å². The van der Waals surface area contributed by atoms with Crippen molar-refractivity contribution < 1.29 is 9.59 Å². The van der Waals surface area contributed by atoms with Crippen LogP contribution in [0.3, 0.4) is 0 Å². The Morgan fingerprint density at radius 1 is 0.879 bits per heavy atom. The molecule has 0 radical (unpaired) electrons. The van der Waals surface area contributed by atoms with Crippen molar-refractivity contribution in [3.8, 4) is 0 Å². The Labute approximate surface area is 205 Å². The van der Waals surface area contributed by atoms with Crippen LogP contribution in [0.5, 0.6) is 0 Å². The lowest BCUT2D eigenvalue weighted by atomic mass is 10.1. The molecule has 1 heterocycles. The Kier molecular flexibility index (Phi) is 10.7. The van der Waals surface area contributed by atoms with Gasteiger partial charge in [-0.3, -0.25) is 14.5 Å². The SMILES string of the molecule is CN(C)CC(=O)Nc1ccc(N)cc1Cl.Nc1ccc(NC(=O)CN2CCCCC2)c(Cl)c1. The maximum atomic E-state index is 11.9. The quantitative estimate of drug-likeness (QED) is 0.454. The number of carbonyl (C=O) groups excluding carboxylic acids is 2. The average molecular weight is 495 g/mol. The number of nitrogens with zero attached hydrogens (tertiary/aromatic N) is 2. The topological polar surface area (TPSA) is 117 Å². The lowest BCUT2D eigenvalue weighted by molar-refractivity contribution is -0.118. The van der Waals surface area contributed by atoms with E-state index in [1.165, 1.54) is 19.3 Å². The van der Waals surface area contributed by atoms with Crippen LogP contribution in [0.15, 0.2) is 36.4 Å². The third kappa shape index (κ3) is 9.88. The van der Waals surface area contributed by atoms with E-state index in [0.717, 1.165) is 13.1 Å². The molecule has 10 heteroatoms. The minimum Gasteiger partial charge on any atom is -0.399 e. The van der Waals surface area contributed by atoms with Gasteiger partial charge >= 0.3 is 0 Å². The van der Waals surface area contributed by atoms with Crippen molar-refractivity contribution >= 4 is 57.8 Å². The van der Waals surface area contributed by atoms with Crippen LogP contribution in [0.25, 0.3) is 0 Å². The van der Waals surface area contributed by atoms with Crippen molar-refractivity contribution in [2.75, 3.05) is 62.4 Å². The van der Waals surface area contributed by atoms with E-state index >= 15 is 0 Å². The fourth-order valence-corrected chi connectivity index (χ4v) is 3.73. The van der Waals surface area contributed by atoms with Gasteiger partial charge in [0.25, 0.3) is 0 Å². The van der Waals surface area contributed by atoms with Crippen LogP contribution in [0, 0.1) is 0 Å². The predicted octanol–water partition coefficient (Wildman–Crippen LogP) is 3.77. The number of nitrogens with one attached hydrogen (secondary N) is 2. The highest BCUT2D eigenvalue weighted by Crippen LogP contribution is 2.24. The van der Waals surface area contributed by atoms with Crippen LogP contribution in [0.4, 0.5) is 22.7 Å². The summed E-state index contributed by atoms with van der Waals surface area (Å²) in [4.78, 5) is 27.2. The molecule has 1 aliphatic heterocycles.